The molecule has 1 fully saturated rings. The average molecular weight is 380 g/mol. The molecular weight excluding hydrogens is 360 g/mol. The minimum absolute atomic E-state index is 0.183. The van der Waals surface area contributed by atoms with Crippen molar-refractivity contribution in [3.63, 3.8) is 0 Å². The number of carbonyl (C=O) groups excluding carboxylic acids is 1. The van der Waals surface area contributed by atoms with Gasteiger partial charge in [-0.1, -0.05) is 42.5 Å². The molecule has 0 unspecified atom stereocenters. The molecule has 0 N–H and O–H groups in total. The van der Waals surface area contributed by atoms with Crippen molar-refractivity contribution in [2.75, 3.05) is 26.3 Å². The van der Waals surface area contributed by atoms with Gasteiger partial charge in [0.1, 0.15) is 12.4 Å². The highest BCUT2D eigenvalue weighted by Gasteiger charge is 2.27. The Morgan fingerprint density at radius 2 is 1.93 bits per heavy atom. The first-order valence-corrected chi connectivity index (χ1v) is 9.72. The summed E-state index contributed by atoms with van der Waals surface area (Å²) in [6, 6.07) is 17.8. The van der Waals surface area contributed by atoms with Crippen molar-refractivity contribution in [1.82, 2.24) is 4.90 Å². The Bertz CT molecular complexity index is 874. The number of carbonyl (C=O) groups is 1. The Morgan fingerprint density at radius 3 is 2.74 bits per heavy atom. The average Bonchev–Trinajstić information content (AvgIpc) is 3.09. The molecule has 1 amide bonds. The van der Waals surface area contributed by atoms with Crippen molar-refractivity contribution >= 4 is 28.9 Å². The Balaban J connectivity index is 1.42. The van der Waals surface area contributed by atoms with E-state index in [1.165, 1.54) is 11.8 Å². The molecule has 0 aromatic heterocycles. The van der Waals surface area contributed by atoms with Crippen LogP contribution in [0.5, 0.6) is 5.75 Å². The van der Waals surface area contributed by atoms with Gasteiger partial charge in [0, 0.05) is 13.1 Å². The van der Waals surface area contributed by atoms with E-state index in [9.17, 15) is 4.79 Å². The molecule has 6 heteroatoms. The van der Waals surface area contributed by atoms with Crippen molar-refractivity contribution in [3.05, 3.63) is 70.6 Å². The summed E-state index contributed by atoms with van der Waals surface area (Å²) in [7, 11) is 0. The number of hydrogen-bond donors (Lipinski definition) is 0. The molecule has 0 saturated carbocycles. The fourth-order valence-electron chi connectivity index (χ4n) is 2.87. The van der Waals surface area contributed by atoms with Gasteiger partial charge in [0.05, 0.1) is 18.1 Å². The van der Waals surface area contributed by atoms with E-state index < -0.39 is 0 Å². The van der Waals surface area contributed by atoms with E-state index >= 15 is 0 Å². The first-order chi connectivity index (χ1) is 13.3. The summed E-state index contributed by atoms with van der Waals surface area (Å²) < 4.78 is 11.2. The number of thioether (sulfide) groups is 1. The van der Waals surface area contributed by atoms with Crippen molar-refractivity contribution in [2.24, 2.45) is 4.99 Å². The summed E-state index contributed by atoms with van der Waals surface area (Å²) in [5.41, 5.74) is 2.04. The van der Waals surface area contributed by atoms with Gasteiger partial charge in [-0.25, -0.2) is 0 Å². The maximum atomic E-state index is 12.3. The van der Waals surface area contributed by atoms with E-state index in [4.69, 9.17) is 9.47 Å². The Morgan fingerprint density at radius 1 is 1.11 bits per heavy atom. The molecule has 2 heterocycles. The third-order valence-electron chi connectivity index (χ3n) is 4.30. The normalized spacial score (nSPS) is 18.7. The highest BCUT2D eigenvalue weighted by molar-refractivity contribution is 8.18. The molecule has 27 heavy (non-hydrogen) atoms. The van der Waals surface area contributed by atoms with Crippen LogP contribution >= 0.6 is 11.8 Å². The van der Waals surface area contributed by atoms with Crippen LogP contribution in [0.25, 0.3) is 6.08 Å². The first kappa shape index (κ1) is 17.8. The van der Waals surface area contributed by atoms with E-state index in [1.54, 1.807) is 0 Å². The quantitative estimate of drug-likeness (QED) is 0.759. The molecule has 2 aliphatic rings. The molecule has 2 aromatic rings. The minimum atomic E-state index is -0.183. The van der Waals surface area contributed by atoms with Crippen molar-refractivity contribution in [2.45, 2.75) is 6.61 Å². The summed E-state index contributed by atoms with van der Waals surface area (Å²) in [6.45, 7) is 3.41. The van der Waals surface area contributed by atoms with Gasteiger partial charge in [-0.15, -0.1) is 0 Å². The van der Waals surface area contributed by atoms with Gasteiger partial charge in [-0.2, -0.15) is 4.99 Å². The molecule has 0 spiro atoms. The second kappa shape index (κ2) is 8.41. The molecule has 138 valence electrons. The lowest BCUT2D eigenvalue weighted by molar-refractivity contribution is -0.113. The third-order valence-corrected chi connectivity index (χ3v) is 5.34. The Hall–Kier alpha value is -2.57. The largest absolute Gasteiger partial charge is 0.489 e. The van der Waals surface area contributed by atoms with Crippen LogP contribution in [0.1, 0.15) is 11.1 Å². The maximum absolute atomic E-state index is 12.3. The van der Waals surface area contributed by atoms with Crippen LogP contribution in [0.15, 0.2) is 64.5 Å². The molecule has 0 atom stereocenters. The van der Waals surface area contributed by atoms with Crippen LogP contribution in [0.2, 0.25) is 0 Å². The standard InChI is InChI=1S/C21H20N2O3S/c24-20-19(27-21(22-20)23-9-11-25-12-10-23)14-17-7-4-8-18(13-17)26-15-16-5-2-1-3-6-16/h1-8,13-14H,9-12,15H2. The second-order valence-corrected chi connectivity index (χ2v) is 7.27. The van der Waals surface area contributed by atoms with Crippen LogP contribution in [0.4, 0.5) is 0 Å². The van der Waals surface area contributed by atoms with Crippen molar-refractivity contribution in [3.8, 4) is 5.75 Å². The molecular formula is C21H20N2O3S. The summed E-state index contributed by atoms with van der Waals surface area (Å²) in [6.07, 6.45) is 1.87. The molecule has 2 aliphatic heterocycles. The zero-order valence-corrected chi connectivity index (χ0v) is 15.7. The van der Waals surface area contributed by atoms with Crippen molar-refractivity contribution < 1.29 is 14.3 Å². The zero-order chi connectivity index (χ0) is 18.5. The minimum Gasteiger partial charge on any atom is -0.489 e. The maximum Gasteiger partial charge on any atom is 0.286 e. The van der Waals surface area contributed by atoms with Gasteiger partial charge < -0.3 is 14.4 Å². The molecule has 5 nitrogen and oxygen atoms in total. The van der Waals surface area contributed by atoms with Crippen LogP contribution < -0.4 is 4.74 Å². The monoisotopic (exact) mass is 380 g/mol. The number of ether oxygens (including phenoxy) is 2. The fourth-order valence-corrected chi connectivity index (χ4v) is 3.84. The van der Waals surface area contributed by atoms with Crippen LogP contribution in [0, 0.1) is 0 Å². The highest BCUT2D eigenvalue weighted by atomic mass is 32.2. The number of amidine groups is 1. The number of rotatable bonds is 4. The number of aliphatic imine (C=N–C) groups is 1. The summed E-state index contributed by atoms with van der Waals surface area (Å²) in [4.78, 5) is 19.2. The van der Waals surface area contributed by atoms with Gasteiger partial charge in [0.15, 0.2) is 5.17 Å². The van der Waals surface area contributed by atoms with Crippen LogP contribution in [0.3, 0.4) is 0 Å². The number of amides is 1. The highest BCUT2D eigenvalue weighted by Crippen LogP contribution is 2.31. The first-order valence-electron chi connectivity index (χ1n) is 8.90. The summed E-state index contributed by atoms with van der Waals surface area (Å²) in [5.74, 6) is 0.593. The Labute approximate surface area is 162 Å². The molecule has 2 aromatic carbocycles. The third kappa shape index (κ3) is 4.59. The number of morpholine rings is 1. The van der Waals surface area contributed by atoms with E-state index in [1.807, 2.05) is 60.7 Å². The van der Waals surface area contributed by atoms with Gasteiger partial charge in [-0.3, -0.25) is 4.79 Å². The lowest BCUT2D eigenvalue weighted by Gasteiger charge is -2.27. The number of benzene rings is 2. The van der Waals surface area contributed by atoms with E-state index in [2.05, 4.69) is 9.89 Å². The van der Waals surface area contributed by atoms with Gasteiger partial charge in [0.25, 0.3) is 5.91 Å². The smallest absolute Gasteiger partial charge is 0.286 e. The van der Waals surface area contributed by atoms with Crippen molar-refractivity contribution in [1.29, 1.82) is 0 Å². The van der Waals surface area contributed by atoms with E-state index in [0.717, 1.165) is 35.1 Å². The lowest BCUT2D eigenvalue weighted by atomic mass is 10.2. The predicted octanol–water partition coefficient (Wildman–Crippen LogP) is 3.57. The topological polar surface area (TPSA) is 51.1 Å². The number of nitrogens with zero attached hydrogens (tertiary/aromatic N) is 2. The molecule has 0 aliphatic carbocycles. The molecule has 0 bridgehead atoms. The summed E-state index contributed by atoms with van der Waals surface area (Å²) in [5, 5.41) is 0.769. The molecule has 0 radical (unpaired) electrons. The lowest BCUT2D eigenvalue weighted by Crippen LogP contribution is -2.38. The van der Waals surface area contributed by atoms with E-state index in [-0.39, 0.29) is 5.91 Å². The SMILES string of the molecule is O=C1N=C(N2CCOCC2)SC1=Cc1cccc(OCc2ccccc2)c1. The second-order valence-electron chi connectivity index (χ2n) is 6.26. The summed E-state index contributed by atoms with van der Waals surface area (Å²) >= 11 is 1.43. The predicted molar refractivity (Wildman–Crippen MR) is 108 cm³/mol. The van der Waals surface area contributed by atoms with Crippen LogP contribution in [-0.4, -0.2) is 42.3 Å². The Kier molecular flexibility index (Phi) is 5.55. The van der Waals surface area contributed by atoms with Gasteiger partial charge in [0.2, 0.25) is 0 Å². The molecule has 1 saturated heterocycles. The fraction of sp³-hybridized carbons (Fsp3) is 0.238. The van der Waals surface area contributed by atoms with Crippen LogP contribution in [-0.2, 0) is 16.1 Å². The zero-order valence-electron chi connectivity index (χ0n) is 14.8. The van der Waals surface area contributed by atoms with Gasteiger partial charge in [-0.05, 0) is 41.1 Å². The van der Waals surface area contributed by atoms with E-state index in [0.29, 0.717) is 24.7 Å². The number of hydrogen-bond acceptors (Lipinski definition) is 5. The molecule has 4 rings (SSSR count). The van der Waals surface area contributed by atoms with Gasteiger partial charge >= 0.3 is 0 Å².